The Kier molecular flexibility index (Phi) is 7.40. The van der Waals surface area contributed by atoms with Crippen LogP contribution in [0.25, 0.3) is 0 Å². The van der Waals surface area contributed by atoms with Crippen LogP contribution >= 0.6 is 11.3 Å². The molecule has 6 heteroatoms. The fourth-order valence-electron chi connectivity index (χ4n) is 1.45. The number of aliphatic hydroxyl groups is 1. The fraction of sp³-hybridized carbons (Fsp3) is 0.429. The maximum absolute atomic E-state index is 11.9. The van der Waals surface area contributed by atoms with Crippen molar-refractivity contribution in [3.63, 3.8) is 0 Å². The second-order valence-corrected chi connectivity index (χ2v) is 4.81. The zero-order valence-corrected chi connectivity index (χ0v) is 12.2. The molecule has 0 aliphatic heterocycles. The third-order valence-electron chi connectivity index (χ3n) is 2.34. The molecule has 0 saturated carbocycles. The average Bonchev–Trinajstić information content (AvgIpc) is 2.88. The molecular weight excluding hydrogens is 276 g/mol. The zero-order chi connectivity index (χ0) is 14.8. The molecule has 0 spiro atoms. The molecule has 0 fully saturated rings. The van der Waals surface area contributed by atoms with Crippen molar-refractivity contribution in [1.82, 2.24) is 10.6 Å². The Morgan fingerprint density at radius 2 is 2.20 bits per heavy atom. The van der Waals surface area contributed by atoms with Gasteiger partial charge in [0.15, 0.2) is 0 Å². The summed E-state index contributed by atoms with van der Waals surface area (Å²) in [7, 11) is 0. The van der Waals surface area contributed by atoms with Crippen molar-refractivity contribution < 1.29 is 14.7 Å². The van der Waals surface area contributed by atoms with Crippen LogP contribution < -0.4 is 10.6 Å². The predicted molar refractivity (Wildman–Crippen MR) is 78.5 cm³/mol. The zero-order valence-electron chi connectivity index (χ0n) is 11.4. The van der Waals surface area contributed by atoms with Gasteiger partial charge in [-0.2, -0.15) is 0 Å². The summed E-state index contributed by atoms with van der Waals surface area (Å²) in [4.78, 5) is 23.7. The Morgan fingerprint density at radius 3 is 2.90 bits per heavy atom. The standard InChI is InChI=1S/C14H18N2O3S/c1-2-15-12(18)6-8-16-14(19)13-11(7-10-20-13)5-3-4-9-17/h7,10,17H,2,4,6,8-9H2,1H3,(H,15,18)(H,16,19). The third kappa shape index (κ3) is 5.43. The summed E-state index contributed by atoms with van der Waals surface area (Å²) in [6, 6.07) is 1.77. The maximum Gasteiger partial charge on any atom is 0.262 e. The summed E-state index contributed by atoms with van der Waals surface area (Å²) in [5.74, 6) is 5.34. The molecule has 20 heavy (non-hydrogen) atoms. The Morgan fingerprint density at radius 1 is 1.40 bits per heavy atom. The van der Waals surface area contributed by atoms with Crippen LogP contribution in [0.3, 0.4) is 0 Å². The van der Waals surface area contributed by atoms with Crippen molar-refractivity contribution in [3.8, 4) is 11.8 Å². The number of thiophene rings is 1. The quantitative estimate of drug-likeness (QED) is 0.677. The number of carbonyl (C=O) groups excluding carboxylic acids is 2. The van der Waals surface area contributed by atoms with Gasteiger partial charge in [0.2, 0.25) is 5.91 Å². The van der Waals surface area contributed by atoms with Crippen LogP contribution in [0.4, 0.5) is 0 Å². The number of carbonyl (C=O) groups is 2. The first-order valence-electron chi connectivity index (χ1n) is 6.41. The highest BCUT2D eigenvalue weighted by atomic mass is 32.1. The molecule has 0 bridgehead atoms. The number of amides is 2. The van der Waals surface area contributed by atoms with Crippen LogP contribution in [0, 0.1) is 11.8 Å². The minimum absolute atomic E-state index is 0.00517. The maximum atomic E-state index is 11.9. The lowest BCUT2D eigenvalue weighted by molar-refractivity contribution is -0.120. The molecule has 1 aromatic heterocycles. The largest absolute Gasteiger partial charge is 0.395 e. The van der Waals surface area contributed by atoms with Gasteiger partial charge in [-0.1, -0.05) is 11.8 Å². The van der Waals surface area contributed by atoms with Crippen molar-refractivity contribution >= 4 is 23.2 Å². The first-order chi connectivity index (χ1) is 9.69. The summed E-state index contributed by atoms with van der Waals surface area (Å²) in [6.07, 6.45) is 0.643. The minimum atomic E-state index is -0.224. The molecule has 0 atom stereocenters. The van der Waals surface area contributed by atoms with E-state index in [1.165, 1.54) is 11.3 Å². The SMILES string of the molecule is CCNC(=O)CCNC(=O)c1sccc1C#CCCO. The average molecular weight is 294 g/mol. The van der Waals surface area contributed by atoms with Gasteiger partial charge in [0.1, 0.15) is 4.88 Å². The molecule has 108 valence electrons. The lowest BCUT2D eigenvalue weighted by Crippen LogP contribution is -2.30. The van der Waals surface area contributed by atoms with E-state index in [9.17, 15) is 9.59 Å². The molecule has 0 aliphatic carbocycles. The van der Waals surface area contributed by atoms with Crippen LogP contribution in [-0.2, 0) is 4.79 Å². The van der Waals surface area contributed by atoms with Crippen molar-refractivity contribution in [1.29, 1.82) is 0 Å². The monoisotopic (exact) mass is 294 g/mol. The van der Waals surface area contributed by atoms with E-state index < -0.39 is 0 Å². The van der Waals surface area contributed by atoms with E-state index in [1.807, 2.05) is 6.92 Å². The predicted octanol–water partition coefficient (Wildman–Crippen LogP) is 0.738. The molecule has 0 unspecified atom stereocenters. The molecule has 5 nitrogen and oxygen atoms in total. The highest BCUT2D eigenvalue weighted by Gasteiger charge is 2.11. The Hall–Kier alpha value is -1.84. The Balaban J connectivity index is 2.50. The van der Waals surface area contributed by atoms with E-state index in [0.29, 0.717) is 30.0 Å². The molecule has 1 rings (SSSR count). The third-order valence-corrected chi connectivity index (χ3v) is 3.26. The molecule has 3 N–H and O–H groups in total. The van der Waals surface area contributed by atoms with Gasteiger partial charge in [0.05, 0.1) is 6.61 Å². The van der Waals surface area contributed by atoms with E-state index in [2.05, 4.69) is 22.5 Å². The van der Waals surface area contributed by atoms with E-state index >= 15 is 0 Å². The normalized spacial score (nSPS) is 9.50. The van der Waals surface area contributed by atoms with Crippen LogP contribution in [0.1, 0.15) is 35.0 Å². The lowest BCUT2D eigenvalue weighted by atomic mass is 10.2. The van der Waals surface area contributed by atoms with E-state index in [4.69, 9.17) is 5.11 Å². The Bertz CT molecular complexity index is 514. The van der Waals surface area contributed by atoms with Crippen molar-refractivity contribution in [2.45, 2.75) is 19.8 Å². The molecule has 0 saturated heterocycles. The molecule has 0 radical (unpaired) electrons. The lowest BCUT2D eigenvalue weighted by Gasteiger charge is -2.04. The van der Waals surface area contributed by atoms with Gasteiger partial charge in [0.25, 0.3) is 5.91 Å². The van der Waals surface area contributed by atoms with Gasteiger partial charge in [-0.05, 0) is 18.4 Å². The van der Waals surface area contributed by atoms with Crippen LogP contribution in [-0.4, -0.2) is 36.6 Å². The van der Waals surface area contributed by atoms with Gasteiger partial charge in [-0.25, -0.2) is 0 Å². The van der Waals surface area contributed by atoms with Gasteiger partial charge < -0.3 is 15.7 Å². The first kappa shape index (κ1) is 16.2. The summed E-state index contributed by atoms with van der Waals surface area (Å²) in [6.45, 7) is 2.74. The topological polar surface area (TPSA) is 78.4 Å². The molecule has 1 heterocycles. The smallest absolute Gasteiger partial charge is 0.262 e. The summed E-state index contributed by atoms with van der Waals surface area (Å²) in [5.41, 5.74) is 0.652. The van der Waals surface area contributed by atoms with Crippen molar-refractivity contribution in [2.24, 2.45) is 0 Å². The highest BCUT2D eigenvalue weighted by Crippen LogP contribution is 2.15. The van der Waals surface area contributed by atoms with Gasteiger partial charge >= 0.3 is 0 Å². The van der Waals surface area contributed by atoms with Gasteiger partial charge in [-0.15, -0.1) is 11.3 Å². The number of nitrogens with one attached hydrogen (secondary N) is 2. The highest BCUT2D eigenvalue weighted by molar-refractivity contribution is 7.12. The van der Waals surface area contributed by atoms with Gasteiger partial charge in [-0.3, -0.25) is 9.59 Å². The van der Waals surface area contributed by atoms with Crippen LogP contribution in [0.15, 0.2) is 11.4 Å². The molecular formula is C14H18N2O3S. The van der Waals surface area contributed by atoms with E-state index in [-0.39, 0.29) is 24.8 Å². The molecule has 0 aromatic carbocycles. The summed E-state index contributed by atoms with van der Waals surface area (Å²) in [5, 5.41) is 15.8. The first-order valence-corrected chi connectivity index (χ1v) is 7.29. The van der Waals surface area contributed by atoms with Crippen molar-refractivity contribution in [3.05, 3.63) is 21.9 Å². The molecule has 0 aliphatic rings. The molecule has 1 aromatic rings. The van der Waals surface area contributed by atoms with E-state index in [1.54, 1.807) is 11.4 Å². The number of aliphatic hydroxyl groups excluding tert-OH is 1. The van der Waals surface area contributed by atoms with Crippen molar-refractivity contribution in [2.75, 3.05) is 19.7 Å². The summed E-state index contributed by atoms with van der Waals surface area (Å²) >= 11 is 1.31. The van der Waals surface area contributed by atoms with Crippen LogP contribution in [0.2, 0.25) is 0 Å². The molecule has 2 amide bonds. The van der Waals surface area contributed by atoms with E-state index in [0.717, 1.165) is 0 Å². The second-order valence-electron chi connectivity index (χ2n) is 3.90. The fourth-order valence-corrected chi connectivity index (χ4v) is 2.22. The number of hydrogen-bond acceptors (Lipinski definition) is 4. The van der Waals surface area contributed by atoms with Gasteiger partial charge in [0, 0.05) is 31.5 Å². The number of hydrogen-bond donors (Lipinski definition) is 3. The number of rotatable bonds is 6. The second kappa shape index (κ2) is 9.13. The van der Waals surface area contributed by atoms with Crippen LogP contribution in [0.5, 0.6) is 0 Å². The Labute approximate surface area is 122 Å². The minimum Gasteiger partial charge on any atom is -0.395 e. The summed E-state index contributed by atoms with van der Waals surface area (Å²) < 4.78 is 0.